The van der Waals surface area contributed by atoms with E-state index < -0.39 is 25.5 Å². The highest BCUT2D eigenvalue weighted by atomic mass is 32.2. The molecule has 0 aliphatic heterocycles. The Morgan fingerprint density at radius 3 is 1.88 bits per heavy atom. The Labute approximate surface area is 199 Å². The highest BCUT2D eigenvalue weighted by molar-refractivity contribution is 7.87. The lowest BCUT2D eigenvalue weighted by atomic mass is 9.63. The van der Waals surface area contributed by atoms with Crippen molar-refractivity contribution in [1.29, 1.82) is 0 Å². The summed E-state index contributed by atoms with van der Waals surface area (Å²) in [6.45, 7) is 0. The summed E-state index contributed by atoms with van der Waals surface area (Å²) in [4.78, 5) is -0.161. The molecule has 4 aliphatic carbocycles. The van der Waals surface area contributed by atoms with E-state index in [1.54, 1.807) is 0 Å². The summed E-state index contributed by atoms with van der Waals surface area (Å²) in [6, 6.07) is 18.7. The number of benzene rings is 3. The Hall–Kier alpha value is -2.68. The van der Waals surface area contributed by atoms with Gasteiger partial charge in [0.15, 0.2) is 0 Å². The molecule has 0 fully saturated rings. The van der Waals surface area contributed by atoms with Gasteiger partial charge < -0.3 is 4.18 Å². The molecule has 3 aromatic carbocycles. The van der Waals surface area contributed by atoms with E-state index in [0.29, 0.717) is 30.4 Å². The predicted molar refractivity (Wildman–Crippen MR) is 127 cm³/mol. The Morgan fingerprint density at radius 1 is 0.735 bits per heavy atom. The van der Waals surface area contributed by atoms with Crippen molar-refractivity contribution in [3.8, 4) is 5.75 Å². The van der Waals surface area contributed by atoms with E-state index in [1.165, 1.54) is 23.3 Å². The van der Waals surface area contributed by atoms with E-state index in [-0.39, 0.29) is 22.5 Å². The van der Waals surface area contributed by atoms with Gasteiger partial charge in [0.2, 0.25) is 0 Å². The molecule has 0 spiro atoms. The van der Waals surface area contributed by atoms with Gasteiger partial charge in [0.1, 0.15) is 11.0 Å². The number of hydrogen-bond acceptors (Lipinski definition) is 5. The summed E-state index contributed by atoms with van der Waals surface area (Å²) in [5, 5.41) is -0.747. The molecule has 0 radical (unpaired) electrons. The first kappa shape index (κ1) is 21.8. The van der Waals surface area contributed by atoms with E-state index >= 15 is 0 Å². The van der Waals surface area contributed by atoms with Crippen molar-refractivity contribution in [2.24, 2.45) is 0 Å². The first-order chi connectivity index (χ1) is 16.3. The first-order valence-electron chi connectivity index (χ1n) is 11.5. The summed E-state index contributed by atoms with van der Waals surface area (Å²) in [5.41, 5.74) is 5.42. The van der Waals surface area contributed by atoms with E-state index in [2.05, 4.69) is 12.1 Å². The van der Waals surface area contributed by atoms with Crippen LogP contribution in [0.1, 0.15) is 64.5 Å². The third-order valence-corrected chi connectivity index (χ3v) is 10.1. The Bertz CT molecular complexity index is 1480. The quantitative estimate of drug-likeness (QED) is 0.420. The maximum absolute atomic E-state index is 13.7. The maximum Gasteiger partial charge on any atom is 0.313 e. The molecule has 176 valence electrons. The second-order valence-corrected chi connectivity index (χ2v) is 12.5. The summed E-state index contributed by atoms with van der Waals surface area (Å²) in [7, 11) is -8.45. The summed E-state index contributed by atoms with van der Waals surface area (Å²) in [5.74, 6) is -0.169. The largest absolute Gasteiger partial charge is 0.382 e. The second kappa shape index (κ2) is 7.66. The summed E-state index contributed by atoms with van der Waals surface area (Å²) >= 11 is 0. The van der Waals surface area contributed by atoms with Gasteiger partial charge in [-0.15, -0.1) is 0 Å². The lowest BCUT2D eigenvalue weighted by Crippen LogP contribution is -2.42. The van der Waals surface area contributed by atoms with Crippen molar-refractivity contribution in [2.75, 3.05) is 0 Å². The van der Waals surface area contributed by atoms with E-state index in [9.17, 15) is 21.4 Å². The molecule has 0 saturated heterocycles. The molecule has 0 amide bonds. The van der Waals surface area contributed by atoms with Gasteiger partial charge in [-0.05, 0) is 72.1 Å². The minimum atomic E-state index is -4.40. The van der Waals surface area contributed by atoms with Crippen molar-refractivity contribution >= 4 is 20.2 Å². The molecule has 1 atom stereocenters. The number of hydrogen-bond donors (Lipinski definition) is 1. The van der Waals surface area contributed by atoms with Crippen LogP contribution in [0.3, 0.4) is 0 Å². The molecule has 3 aromatic rings. The minimum absolute atomic E-state index is 0.0170. The first-order valence-corrected chi connectivity index (χ1v) is 14.4. The third-order valence-electron chi connectivity index (χ3n) is 7.56. The molecule has 34 heavy (non-hydrogen) atoms. The van der Waals surface area contributed by atoms with E-state index in [0.717, 1.165) is 24.0 Å². The topological polar surface area (TPSA) is 97.7 Å². The van der Waals surface area contributed by atoms with Crippen molar-refractivity contribution in [3.63, 3.8) is 0 Å². The van der Waals surface area contributed by atoms with Crippen molar-refractivity contribution in [3.05, 3.63) is 94.0 Å². The zero-order valence-electron chi connectivity index (χ0n) is 18.3. The fourth-order valence-electron chi connectivity index (χ4n) is 6.17. The van der Waals surface area contributed by atoms with Gasteiger partial charge in [0.25, 0.3) is 10.1 Å². The molecule has 1 unspecified atom stereocenters. The van der Waals surface area contributed by atoms with Crippen LogP contribution in [0.15, 0.2) is 65.6 Å². The van der Waals surface area contributed by atoms with Crippen LogP contribution in [0.4, 0.5) is 0 Å². The van der Waals surface area contributed by atoms with Crippen LogP contribution < -0.4 is 4.18 Å². The average molecular weight is 497 g/mol. The zero-order valence-corrected chi connectivity index (χ0v) is 20.0. The van der Waals surface area contributed by atoms with Gasteiger partial charge in [-0.1, -0.05) is 48.5 Å². The molecule has 4 aliphatic rings. The van der Waals surface area contributed by atoms with Gasteiger partial charge in [0.05, 0.1) is 4.90 Å². The van der Waals surface area contributed by atoms with Crippen LogP contribution in [-0.2, 0) is 33.1 Å². The van der Waals surface area contributed by atoms with Crippen LogP contribution in [0, 0.1) is 0 Å². The second-order valence-electron chi connectivity index (χ2n) is 9.34. The smallest absolute Gasteiger partial charge is 0.313 e. The molecule has 0 heterocycles. The zero-order chi connectivity index (χ0) is 23.7. The standard InChI is InChI=1S/C26H24O6S2/c27-33(28,29)24-14-13-23(18-9-3-4-10-19(18)24)32-34(30,31)25-15-22-16-7-1-5-11-20(16)26(25)21-12-6-2-8-17(21)22/h1-2,5-8,11-14,22,25-26H,3-4,9-10,15H2,(H,27,28,29). The van der Waals surface area contributed by atoms with Gasteiger partial charge >= 0.3 is 10.1 Å². The average Bonchev–Trinajstić information content (AvgIpc) is 2.83. The Balaban J connectivity index is 1.43. The normalized spacial score (nSPS) is 23.0. The van der Waals surface area contributed by atoms with Crippen LogP contribution in [0.5, 0.6) is 5.75 Å². The molecular formula is C26H24O6S2. The molecule has 0 aromatic heterocycles. The van der Waals surface area contributed by atoms with Gasteiger partial charge in [-0.3, -0.25) is 4.55 Å². The molecule has 1 N–H and O–H groups in total. The van der Waals surface area contributed by atoms with Gasteiger partial charge in [0, 0.05) is 17.4 Å². The molecule has 2 bridgehead atoms. The molecular weight excluding hydrogens is 472 g/mol. The van der Waals surface area contributed by atoms with Crippen molar-refractivity contribution < 1.29 is 25.6 Å². The summed E-state index contributed by atoms with van der Waals surface area (Å²) < 4.78 is 66.6. The third kappa shape index (κ3) is 3.31. The summed E-state index contributed by atoms with van der Waals surface area (Å²) in [6.07, 6.45) is 2.97. The van der Waals surface area contributed by atoms with Crippen LogP contribution >= 0.6 is 0 Å². The SMILES string of the molecule is O=S(=O)(O)c1ccc(OS(=O)(=O)C2CC3c4ccccc4C2c2ccccc23)c2c1CCCC2. The van der Waals surface area contributed by atoms with Gasteiger partial charge in [-0.2, -0.15) is 16.8 Å². The monoisotopic (exact) mass is 496 g/mol. The van der Waals surface area contributed by atoms with Crippen LogP contribution in [0.2, 0.25) is 0 Å². The lowest BCUT2D eigenvalue weighted by Gasteiger charge is -2.44. The lowest BCUT2D eigenvalue weighted by molar-refractivity contribution is 0.427. The Morgan fingerprint density at radius 2 is 1.29 bits per heavy atom. The van der Waals surface area contributed by atoms with Crippen molar-refractivity contribution in [1.82, 2.24) is 0 Å². The molecule has 0 saturated carbocycles. The molecule has 7 rings (SSSR count). The van der Waals surface area contributed by atoms with Crippen LogP contribution in [-0.4, -0.2) is 26.6 Å². The van der Waals surface area contributed by atoms with E-state index in [4.69, 9.17) is 4.18 Å². The molecule has 8 heteroatoms. The Kier molecular flexibility index (Phi) is 4.92. The van der Waals surface area contributed by atoms with Crippen LogP contribution in [0.25, 0.3) is 0 Å². The molecule has 6 nitrogen and oxygen atoms in total. The fourth-order valence-corrected chi connectivity index (χ4v) is 8.54. The van der Waals surface area contributed by atoms with E-state index in [1.807, 2.05) is 36.4 Å². The number of rotatable bonds is 4. The highest BCUT2D eigenvalue weighted by Crippen LogP contribution is 2.54. The fraction of sp³-hybridized carbons (Fsp3) is 0.308. The van der Waals surface area contributed by atoms with Crippen molar-refractivity contribution in [2.45, 2.75) is 54.1 Å². The number of fused-ring (bicyclic) bond motifs is 2. The minimum Gasteiger partial charge on any atom is -0.382 e. The highest BCUT2D eigenvalue weighted by Gasteiger charge is 2.49. The van der Waals surface area contributed by atoms with Gasteiger partial charge in [-0.25, -0.2) is 0 Å². The maximum atomic E-state index is 13.7. The predicted octanol–water partition coefficient (Wildman–Crippen LogP) is 4.57.